The van der Waals surface area contributed by atoms with Crippen molar-refractivity contribution in [2.24, 2.45) is 0 Å². The van der Waals surface area contributed by atoms with Crippen LogP contribution in [0.4, 0.5) is 14.5 Å². The minimum Gasteiger partial charge on any atom is -0.320 e. The molecule has 1 aliphatic carbocycles. The number of nitrogens with zero attached hydrogens (tertiary/aromatic N) is 1. The molecule has 9 heteroatoms. The lowest BCUT2D eigenvalue weighted by molar-refractivity contribution is -0.116. The van der Waals surface area contributed by atoms with Gasteiger partial charge in [-0.15, -0.1) is 0 Å². The lowest BCUT2D eigenvalue weighted by Crippen LogP contribution is -2.45. The van der Waals surface area contributed by atoms with E-state index in [-0.39, 0.29) is 10.9 Å². The summed E-state index contributed by atoms with van der Waals surface area (Å²) in [5.41, 5.74) is -0.581. The van der Waals surface area contributed by atoms with Crippen molar-refractivity contribution in [3.05, 3.63) is 58.6 Å². The van der Waals surface area contributed by atoms with Crippen LogP contribution in [0.2, 0.25) is 0 Å². The summed E-state index contributed by atoms with van der Waals surface area (Å²) in [6, 6.07) is 9.04. The smallest absolute Gasteiger partial charge is 0.243 e. The van der Waals surface area contributed by atoms with E-state index in [2.05, 4.69) is 21.2 Å². The van der Waals surface area contributed by atoms with E-state index in [0.717, 1.165) is 40.2 Å². The second-order valence-electron chi connectivity index (χ2n) is 6.94. The zero-order chi connectivity index (χ0) is 21.0. The minimum absolute atomic E-state index is 0.0659. The maximum atomic E-state index is 13.8. The zero-order valence-electron chi connectivity index (χ0n) is 15.6. The molecule has 156 valence electrons. The zero-order valence-corrected chi connectivity index (χ0v) is 18.0. The van der Waals surface area contributed by atoms with Gasteiger partial charge in [0.05, 0.1) is 11.4 Å². The van der Waals surface area contributed by atoms with Gasteiger partial charge < -0.3 is 5.32 Å². The quantitative estimate of drug-likeness (QED) is 0.643. The number of nitrogens with one attached hydrogen (secondary N) is 1. The van der Waals surface area contributed by atoms with Gasteiger partial charge in [0.1, 0.15) is 17.3 Å². The standard InChI is InChI=1S/C20H21BrF2N2O3S/c21-14-9-11-16(12-10-14)29(27,28)25(15-5-2-1-3-6-15)13-19(26)24-20-17(22)7-4-8-18(20)23/h4,7-12,15H,1-3,5-6,13H2,(H,24,26). The predicted octanol–water partition coefficient (Wildman–Crippen LogP) is 4.69. The van der Waals surface area contributed by atoms with Gasteiger partial charge in [0.25, 0.3) is 0 Å². The number of carbonyl (C=O) groups is 1. The van der Waals surface area contributed by atoms with Crippen LogP contribution in [-0.2, 0) is 14.8 Å². The Morgan fingerprint density at radius 2 is 1.62 bits per heavy atom. The number of rotatable bonds is 6. The molecular formula is C20H21BrF2N2O3S. The first-order chi connectivity index (χ1) is 13.8. The van der Waals surface area contributed by atoms with Gasteiger partial charge in [-0.1, -0.05) is 41.3 Å². The van der Waals surface area contributed by atoms with Crippen LogP contribution in [0.1, 0.15) is 32.1 Å². The number of carbonyl (C=O) groups excluding carboxylic acids is 1. The summed E-state index contributed by atoms with van der Waals surface area (Å²) in [6.07, 6.45) is 4.00. The summed E-state index contributed by atoms with van der Waals surface area (Å²) in [4.78, 5) is 12.6. The van der Waals surface area contributed by atoms with Gasteiger partial charge in [0.2, 0.25) is 15.9 Å². The van der Waals surface area contributed by atoms with Crippen molar-refractivity contribution in [3.8, 4) is 0 Å². The molecule has 1 amide bonds. The number of benzene rings is 2. The van der Waals surface area contributed by atoms with E-state index in [0.29, 0.717) is 12.8 Å². The van der Waals surface area contributed by atoms with E-state index in [1.807, 2.05) is 0 Å². The Kier molecular flexibility index (Phi) is 7.02. The molecule has 3 rings (SSSR count). The highest BCUT2D eigenvalue weighted by Gasteiger charge is 2.34. The second kappa shape index (κ2) is 9.32. The normalized spacial score (nSPS) is 15.4. The summed E-state index contributed by atoms with van der Waals surface area (Å²) >= 11 is 3.27. The van der Waals surface area contributed by atoms with Crippen LogP contribution in [0.3, 0.4) is 0 Å². The topological polar surface area (TPSA) is 66.5 Å². The molecule has 0 spiro atoms. The summed E-state index contributed by atoms with van der Waals surface area (Å²) in [5.74, 6) is -2.63. The molecule has 2 aromatic rings. The summed E-state index contributed by atoms with van der Waals surface area (Å²) in [7, 11) is -3.96. The Hall–Kier alpha value is -1.84. The molecule has 1 aliphatic rings. The lowest BCUT2D eigenvalue weighted by atomic mass is 9.95. The Balaban J connectivity index is 1.87. The van der Waals surface area contributed by atoms with Gasteiger partial charge in [0.15, 0.2) is 0 Å². The lowest BCUT2D eigenvalue weighted by Gasteiger charge is -2.33. The third kappa shape index (κ3) is 5.21. The van der Waals surface area contributed by atoms with Crippen molar-refractivity contribution in [2.75, 3.05) is 11.9 Å². The molecule has 0 radical (unpaired) electrons. The Morgan fingerprint density at radius 1 is 1.03 bits per heavy atom. The highest BCUT2D eigenvalue weighted by atomic mass is 79.9. The fraction of sp³-hybridized carbons (Fsp3) is 0.350. The Morgan fingerprint density at radius 3 is 2.21 bits per heavy atom. The average Bonchev–Trinajstić information content (AvgIpc) is 2.70. The highest BCUT2D eigenvalue weighted by molar-refractivity contribution is 9.10. The van der Waals surface area contributed by atoms with Gasteiger partial charge >= 0.3 is 0 Å². The summed E-state index contributed by atoms with van der Waals surface area (Å²) in [6.45, 7) is -0.517. The van der Waals surface area contributed by atoms with E-state index < -0.39 is 39.8 Å². The summed E-state index contributed by atoms with van der Waals surface area (Å²) < 4.78 is 56.1. The number of sulfonamides is 1. The minimum atomic E-state index is -3.96. The van der Waals surface area contributed by atoms with Crippen LogP contribution in [0, 0.1) is 11.6 Å². The maximum absolute atomic E-state index is 13.8. The van der Waals surface area contributed by atoms with Crippen LogP contribution in [0.15, 0.2) is 51.8 Å². The molecule has 0 aromatic heterocycles. The number of anilines is 1. The van der Waals surface area contributed by atoms with E-state index in [9.17, 15) is 22.0 Å². The van der Waals surface area contributed by atoms with Gasteiger partial charge in [0, 0.05) is 10.5 Å². The van der Waals surface area contributed by atoms with Crippen LogP contribution < -0.4 is 5.32 Å². The van der Waals surface area contributed by atoms with Gasteiger partial charge in [-0.05, 0) is 49.2 Å². The van der Waals surface area contributed by atoms with Crippen molar-refractivity contribution in [3.63, 3.8) is 0 Å². The molecule has 5 nitrogen and oxygen atoms in total. The van der Waals surface area contributed by atoms with E-state index >= 15 is 0 Å². The Labute approximate surface area is 177 Å². The molecule has 0 saturated heterocycles. The van der Waals surface area contributed by atoms with Crippen LogP contribution in [0.5, 0.6) is 0 Å². The van der Waals surface area contributed by atoms with Crippen molar-refractivity contribution in [1.82, 2.24) is 4.31 Å². The molecular weight excluding hydrogens is 466 g/mol. The molecule has 0 atom stereocenters. The highest BCUT2D eigenvalue weighted by Crippen LogP contribution is 2.28. The maximum Gasteiger partial charge on any atom is 0.243 e. The first kappa shape index (κ1) is 21.9. The molecule has 0 heterocycles. The van der Waals surface area contributed by atoms with E-state index in [1.54, 1.807) is 12.1 Å². The third-order valence-electron chi connectivity index (χ3n) is 4.93. The summed E-state index contributed by atoms with van der Waals surface area (Å²) in [5, 5.41) is 2.18. The largest absolute Gasteiger partial charge is 0.320 e. The molecule has 1 fully saturated rings. The van der Waals surface area contributed by atoms with Crippen molar-refractivity contribution in [1.29, 1.82) is 0 Å². The van der Waals surface area contributed by atoms with Crippen LogP contribution >= 0.6 is 15.9 Å². The van der Waals surface area contributed by atoms with Crippen LogP contribution in [-0.4, -0.2) is 31.2 Å². The van der Waals surface area contributed by atoms with Gasteiger partial charge in [-0.25, -0.2) is 17.2 Å². The second-order valence-corrected chi connectivity index (χ2v) is 9.75. The number of para-hydroxylation sites is 1. The number of halogens is 3. The third-order valence-corrected chi connectivity index (χ3v) is 7.37. The monoisotopic (exact) mass is 486 g/mol. The van der Waals surface area contributed by atoms with Crippen LogP contribution in [0.25, 0.3) is 0 Å². The fourth-order valence-corrected chi connectivity index (χ4v) is 5.36. The van der Waals surface area contributed by atoms with Crippen molar-refractivity contribution < 1.29 is 22.0 Å². The van der Waals surface area contributed by atoms with Crippen molar-refractivity contribution >= 4 is 37.5 Å². The van der Waals surface area contributed by atoms with Crippen molar-refractivity contribution in [2.45, 2.75) is 43.0 Å². The Bertz CT molecular complexity index is 957. The molecule has 0 unspecified atom stereocenters. The number of hydrogen-bond acceptors (Lipinski definition) is 3. The molecule has 1 N–H and O–H groups in total. The van der Waals surface area contributed by atoms with E-state index in [1.165, 1.54) is 18.2 Å². The molecule has 0 bridgehead atoms. The molecule has 29 heavy (non-hydrogen) atoms. The first-order valence-corrected chi connectivity index (χ1v) is 11.5. The van der Waals surface area contributed by atoms with E-state index in [4.69, 9.17) is 0 Å². The first-order valence-electron chi connectivity index (χ1n) is 9.30. The number of amides is 1. The molecule has 2 aromatic carbocycles. The van der Waals surface area contributed by atoms with Gasteiger partial charge in [-0.3, -0.25) is 4.79 Å². The predicted molar refractivity (Wildman–Crippen MR) is 110 cm³/mol. The fourth-order valence-electron chi connectivity index (χ4n) is 3.46. The molecule has 1 saturated carbocycles. The SMILES string of the molecule is O=C(CN(C1CCCCC1)S(=O)(=O)c1ccc(Br)cc1)Nc1c(F)cccc1F. The number of hydrogen-bond donors (Lipinski definition) is 1. The molecule has 0 aliphatic heterocycles. The average molecular weight is 487 g/mol. The van der Waals surface area contributed by atoms with Gasteiger partial charge in [-0.2, -0.15) is 4.31 Å².